The minimum absolute atomic E-state index is 0.306. The highest BCUT2D eigenvalue weighted by Gasteiger charge is 2.20. The van der Waals surface area contributed by atoms with E-state index in [1.165, 1.54) is 6.42 Å². The van der Waals surface area contributed by atoms with Gasteiger partial charge in [0, 0.05) is 12.5 Å². The van der Waals surface area contributed by atoms with Crippen LogP contribution in [0.4, 0.5) is 0 Å². The zero-order valence-corrected chi connectivity index (χ0v) is 10.8. The van der Waals surface area contributed by atoms with Gasteiger partial charge >= 0.3 is 5.97 Å². The van der Waals surface area contributed by atoms with Gasteiger partial charge in [0.05, 0.1) is 12.2 Å². The van der Waals surface area contributed by atoms with Crippen LogP contribution < -0.4 is 4.74 Å². The zero-order valence-electron chi connectivity index (χ0n) is 10.8. The van der Waals surface area contributed by atoms with Gasteiger partial charge in [-0.1, -0.05) is 0 Å². The number of likely N-dealkylation sites (tertiary alicyclic amines) is 1. The molecule has 4 nitrogen and oxygen atoms in total. The average molecular weight is 249 g/mol. The summed E-state index contributed by atoms with van der Waals surface area (Å²) in [5.74, 6) is 0.463. The van der Waals surface area contributed by atoms with E-state index >= 15 is 0 Å². The Balaban J connectivity index is 1.95. The largest absolute Gasteiger partial charge is 0.493 e. The Morgan fingerprint density at radius 1 is 1.56 bits per heavy atom. The molecule has 1 aromatic rings. The van der Waals surface area contributed by atoms with Crippen LogP contribution in [0.3, 0.4) is 0 Å². The molecule has 1 aliphatic rings. The highest BCUT2D eigenvalue weighted by molar-refractivity contribution is 5.88. The van der Waals surface area contributed by atoms with Crippen molar-refractivity contribution in [2.75, 3.05) is 26.7 Å². The van der Waals surface area contributed by atoms with Crippen molar-refractivity contribution in [1.82, 2.24) is 4.90 Å². The summed E-state index contributed by atoms with van der Waals surface area (Å²) in [4.78, 5) is 13.1. The molecule has 4 heteroatoms. The lowest BCUT2D eigenvalue weighted by Crippen LogP contribution is -2.18. The van der Waals surface area contributed by atoms with Gasteiger partial charge in [0.15, 0.2) is 0 Å². The van der Waals surface area contributed by atoms with Crippen LogP contribution in [0, 0.1) is 12.8 Å². The maximum atomic E-state index is 10.8. The van der Waals surface area contributed by atoms with Gasteiger partial charge < -0.3 is 14.7 Å². The molecule has 2 rings (SSSR count). The number of hydrogen-bond acceptors (Lipinski definition) is 3. The van der Waals surface area contributed by atoms with E-state index in [9.17, 15) is 4.79 Å². The van der Waals surface area contributed by atoms with Crippen LogP contribution in [0.1, 0.15) is 22.3 Å². The number of ether oxygens (including phenoxy) is 1. The maximum absolute atomic E-state index is 10.8. The summed E-state index contributed by atoms with van der Waals surface area (Å²) in [6, 6.07) is 4.99. The fourth-order valence-corrected chi connectivity index (χ4v) is 2.31. The highest BCUT2D eigenvalue weighted by atomic mass is 16.5. The first-order valence-electron chi connectivity index (χ1n) is 6.21. The van der Waals surface area contributed by atoms with E-state index in [4.69, 9.17) is 9.84 Å². The quantitative estimate of drug-likeness (QED) is 0.887. The number of carboxylic acid groups (broad SMARTS) is 1. The normalized spacial score (nSPS) is 20.0. The van der Waals surface area contributed by atoms with E-state index in [-0.39, 0.29) is 0 Å². The molecule has 1 unspecified atom stereocenters. The van der Waals surface area contributed by atoms with Crippen molar-refractivity contribution in [3.05, 3.63) is 29.3 Å². The Morgan fingerprint density at radius 3 is 2.89 bits per heavy atom. The fourth-order valence-electron chi connectivity index (χ4n) is 2.31. The van der Waals surface area contributed by atoms with Crippen molar-refractivity contribution in [3.8, 4) is 5.75 Å². The SMILES string of the molecule is Cc1cc(C(=O)O)ccc1OCC1CCN(C)C1. The van der Waals surface area contributed by atoms with Crippen molar-refractivity contribution in [1.29, 1.82) is 0 Å². The van der Waals surface area contributed by atoms with Gasteiger partial charge in [-0.25, -0.2) is 4.79 Å². The number of carboxylic acids is 1. The van der Waals surface area contributed by atoms with Crippen molar-refractivity contribution >= 4 is 5.97 Å². The van der Waals surface area contributed by atoms with Crippen molar-refractivity contribution in [2.45, 2.75) is 13.3 Å². The van der Waals surface area contributed by atoms with Crippen LogP contribution >= 0.6 is 0 Å². The van der Waals surface area contributed by atoms with Gasteiger partial charge in [-0.2, -0.15) is 0 Å². The van der Waals surface area contributed by atoms with Gasteiger partial charge in [-0.3, -0.25) is 0 Å². The van der Waals surface area contributed by atoms with Gasteiger partial charge in [0.1, 0.15) is 5.75 Å². The molecule has 18 heavy (non-hydrogen) atoms. The molecular weight excluding hydrogens is 230 g/mol. The fraction of sp³-hybridized carbons (Fsp3) is 0.500. The first-order valence-corrected chi connectivity index (χ1v) is 6.21. The molecule has 0 saturated carbocycles. The molecule has 1 N–H and O–H groups in total. The number of hydrogen-bond donors (Lipinski definition) is 1. The van der Waals surface area contributed by atoms with Gasteiger partial charge in [0.2, 0.25) is 0 Å². The molecule has 1 heterocycles. The standard InChI is InChI=1S/C14H19NO3/c1-10-7-12(14(16)17)3-4-13(10)18-9-11-5-6-15(2)8-11/h3-4,7,11H,5-6,8-9H2,1-2H3,(H,16,17). The molecule has 0 amide bonds. The smallest absolute Gasteiger partial charge is 0.335 e. The minimum atomic E-state index is -0.901. The Labute approximate surface area is 107 Å². The summed E-state index contributed by atoms with van der Waals surface area (Å²) in [5, 5.41) is 8.89. The third-order valence-corrected chi connectivity index (χ3v) is 3.39. The molecule has 0 bridgehead atoms. The molecule has 98 valence electrons. The molecule has 1 saturated heterocycles. The van der Waals surface area contributed by atoms with Crippen LogP contribution in [0.15, 0.2) is 18.2 Å². The van der Waals surface area contributed by atoms with Crippen LogP contribution in [0.5, 0.6) is 5.75 Å². The molecule has 1 aliphatic heterocycles. The first kappa shape index (κ1) is 12.9. The summed E-state index contributed by atoms with van der Waals surface area (Å²) >= 11 is 0. The summed E-state index contributed by atoms with van der Waals surface area (Å²) < 4.78 is 5.78. The number of nitrogens with zero attached hydrogens (tertiary/aromatic N) is 1. The van der Waals surface area contributed by atoms with E-state index in [0.29, 0.717) is 18.1 Å². The summed E-state index contributed by atoms with van der Waals surface area (Å²) in [7, 11) is 2.12. The Morgan fingerprint density at radius 2 is 2.33 bits per heavy atom. The van der Waals surface area contributed by atoms with E-state index in [2.05, 4.69) is 11.9 Å². The van der Waals surface area contributed by atoms with Crippen molar-refractivity contribution < 1.29 is 14.6 Å². The van der Waals surface area contributed by atoms with E-state index < -0.39 is 5.97 Å². The molecule has 0 aliphatic carbocycles. The topological polar surface area (TPSA) is 49.8 Å². The number of carbonyl (C=O) groups is 1. The average Bonchev–Trinajstić information content (AvgIpc) is 2.73. The Kier molecular flexibility index (Phi) is 3.87. The van der Waals surface area contributed by atoms with E-state index in [1.54, 1.807) is 18.2 Å². The van der Waals surface area contributed by atoms with Crippen LogP contribution in [-0.4, -0.2) is 42.7 Å². The van der Waals surface area contributed by atoms with Gasteiger partial charge in [0.25, 0.3) is 0 Å². The third kappa shape index (κ3) is 3.01. The van der Waals surface area contributed by atoms with E-state index in [1.807, 2.05) is 6.92 Å². The van der Waals surface area contributed by atoms with Gasteiger partial charge in [-0.05, 0) is 50.7 Å². The molecule has 1 fully saturated rings. The second kappa shape index (κ2) is 5.40. The number of benzene rings is 1. The third-order valence-electron chi connectivity index (χ3n) is 3.39. The lowest BCUT2D eigenvalue weighted by atomic mass is 10.1. The Hall–Kier alpha value is -1.55. The summed E-state index contributed by atoms with van der Waals surface area (Å²) in [6.45, 7) is 4.79. The lowest BCUT2D eigenvalue weighted by molar-refractivity contribution is 0.0696. The lowest BCUT2D eigenvalue weighted by Gasteiger charge is -2.14. The molecule has 0 aromatic heterocycles. The zero-order chi connectivity index (χ0) is 13.1. The van der Waals surface area contributed by atoms with Crippen LogP contribution in [-0.2, 0) is 0 Å². The highest BCUT2D eigenvalue weighted by Crippen LogP contribution is 2.22. The maximum Gasteiger partial charge on any atom is 0.335 e. The number of aromatic carboxylic acids is 1. The van der Waals surface area contributed by atoms with Crippen LogP contribution in [0.2, 0.25) is 0 Å². The van der Waals surface area contributed by atoms with Crippen molar-refractivity contribution in [2.24, 2.45) is 5.92 Å². The predicted molar refractivity (Wildman–Crippen MR) is 69.2 cm³/mol. The summed E-state index contributed by atoms with van der Waals surface area (Å²) in [5.41, 5.74) is 1.18. The second-order valence-electron chi connectivity index (χ2n) is 5.01. The minimum Gasteiger partial charge on any atom is -0.493 e. The molecule has 0 spiro atoms. The van der Waals surface area contributed by atoms with Crippen molar-refractivity contribution in [3.63, 3.8) is 0 Å². The summed E-state index contributed by atoms with van der Waals surface area (Å²) in [6.07, 6.45) is 1.17. The van der Waals surface area contributed by atoms with Crippen LogP contribution in [0.25, 0.3) is 0 Å². The number of aryl methyl sites for hydroxylation is 1. The molecule has 0 radical (unpaired) electrons. The molecule has 1 atom stereocenters. The Bertz CT molecular complexity index is 445. The molecule has 1 aromatic carbocycles. The van der Waals surface area contributed by atoms with Gasteiger partial charge in [-0.15, -0.1) is 0 Å². The predicted octanol–water partition coefficient (Wildman–Crippen LogP) is 2.02. The molecular formula is C14H19NO3. The first-order chi connectivity index (χ1) is 8.56. The van der Waals surface area contributed by atoms with E-state index in [0.717, 1.165) is 24.4 Å². The monoisotopic (exact) mass is 249 g/mol. The second-order valence-corrected chi connectivity index (χ2v) is 5.01. The number of rotatable bonds is 4.